The molecular formula is C86H99BN15O15. The van der Waals surface area contributed by atoms with Crippen molar-refractivity contribution in [1.82, 2.24) is 56.0 Å². The number of H-pyrrole nitrogens is 1. The summed E-state index contributed by atoms with van der Waals surface area (Å²) in [4.78, 5) is 82.0. The molecule has 0 unspecified atom stereocenters. The predicted molar refractivity (Wildman–Crippen MR) is 445 cm³/mol. The minimum Gasteiger partial charge on any atom is -0.477 e. The Morgan fingerprint density at radius 2 is 0.786 bits per heavy atom. The molecule has 0 atom stereocenters. The highest BCUT2D eigenvalue weighted by atomic mass is 16.5. The van der Waals surface area contributed by atoms with Gasteiger partial charge in [-0.05, 0) is 155 Å². The van der Waals surface area contributed by atoms with Crippen molar-refractivity contribution in [1.29, 1.82) is 0 Å². The topological polar surface area (TPSA) is 445 Å². The zero-order valence-corrected chi connectivity index (χ0v) is 65.7. The number of carbonyl (C=O) groups excluding carboxylic acids is 3. The van der Waals surface area contributed by atoms with E-state index in [0.717, 1.165) is 65.5 Å². The molecule has 0 bridgehead atoms. The molecule has 4 aliphatic carbocycles. The lowest BCUT2D eigenvalue weighted by Gasteiger charge is -2.21. The van der Waals surface area contributed by atoms with Gasteiger partial charge in [0.1, 0.15) is 79.5 Å². The molecule has 30 nitrogen and oxygen atoms in total. The summed E-state index contributed by atoms with van der Waals surface area (Å²) in [6, 6.07) is 37.7. The van der Waals surface area contributed by atoms with Gasteiger partial charge in [-0.1, -0.05) is 77.0 Å². The molecule has 0 saturated heterocycles. The van der Waals surface area contributed by atoms with E-state index in [1.807, 2.05) is 73.7 Å². The standard InChI is InChI=1S/C23H25N5O2.C20H21N3O4.C20H23N3O3.C20H21N3O3.C3H4O2.B.H3N.H2O/c1-15-13-25-22(27-15)20-11-18(9-10-24-20)29-17-7-8-19-21(12-17)30-23(28-19)26-14-16-5-3-2-4-6-16;24-19(25)17-10-15(8-9-21-17)26-14-6-7-16-18(11-14)27-20(23-16)22-12-13-4-2-1-3-5-13;2*24-13-15-10-17(8-9-21-15)25-16-6-7-18-19(11-16)26-20(23-18)22-12-14-4-2-1-3-5-14;1-3(5)2-4;;;/h7-13,16H,2-6,14H2,1H3,(H,25,27)(H,26,28);6-11,13H,1-5,12H2,(H,22,23)(H,24,25);6-11,14,24H,1-5,12-13H2,(H,22,23);6-11,13-14H,1-5,12H2,(H,22,23);2H,1H3;;1H3;1H2. The number of nitrogens with zero attached hydrogens (tertiary/aromatic N) is 9. The Labute approximate surface area is 678 Å². The molecule has 0 spiro atoms. The van der Waals surface area contributed by atoms with E-state index in [0.29, 0.717) is 134 Å². The minimum absolute atomic E-state index is 0. The van der Waals surface area contributed by atoms with Crippen LogP contribution in [0.15, 0.2) is 170 Å². The van der Waals surface area contributed by atoms with E-state index in [9.17, 15) is 14.4 Å². The maximum Gasteiger partial charge on any atom is 0.354 e. The molecule has 17 rings (SSSR count). The van der Waals surface area contributed by atoms with Gasteiger partial charge in [-0.2, -0.15) is 19.9 Å². The Morgan fingerprint density at radius 3 is 1.13 bits per heavy atom. The van der Waals surface area contributed by atoms with Gasteiger partial charge in [0.05, 0.1) is 12.3 Å². The third-order valence-corrected chi connectivity index (χ3v) is 20.1. The lowest BCUT2D eigenvalue weighted by atomic mass is 9.89. The quantitative estimate of drug-likeness (QED) is 0.0150. The van der Waals surface area contributed by atoms with Gasteiger partial charge < -0.3 is 84.7 Å². The fraction of sp³-hybridized carbons (Fsp3) is 0.360. The molecule has 12 N–H and O–H groups in total. The number of nitrogens with one attached hydrogen (secondary N) is 5. The molecule has 3 radical (unpaired) electrons. The summed E-state index contributed by atoms with van der Waals surface area (Å²) < 4.78 is 46.7. The van der Waals surface area contributed by atoms with E-state index in [2.05, 4.69) is 71.1 Å². The number of aliphatic hydroxyl groups is 1. The first-order chi connectivity index (χ1) is 55.8. The van der Waals surface area contributed by atoms with E-state index in [4.69, 9.17) is 51.6 Å². The third-order valence-electron chi connectivity index (χ3n) is 20.1. The number of fused-ring (bicyclic) bond motifs is 4. The van der Waals surface area contributed by atoms with Crippen LogP contribution >= 0.6 is 0 Å². The number of ketones is 1. The summed E-state index contributed by atoms with van der Waals surface area (Å²) in [5.41, 5.74) is 8.37. The van der Waals surface area contributed by atoms with E-state index < -0.39 is 11.8 Å². The van der Waals surface area contributed by atoms with Crippen molar-refractivity contribution in [3.63, 3.8) is 0 Å². The number of benzene rings is 4. The Bertz CT molecular complexity index is 5320. The maximum absolute atomic E-state index is 11.0. The van der Waals surface area contributed by atoms with Crippen molar-refractivity contribution in [3.8, 4) is 57.5 Å². The summed E-state index contributed by atoms with van der Waals surface area (Å²) in [7, 11) is 0. The number of rotatable bonds is 25. The second-order valence-corrected chi connectivity index (χ2v) is 28.9. The smallest absolute Gasteiger partial charge is 0.354 e. The Kier molecular flexibility index (Phi) is 32.5. The number of aryl methyl sites for hydroxylation is 1. The number of aromatic amines is 1. The van der Waals surface area contributed by atoms with Crippen LogP contribution < -0.4 is 46.4 Å². The lowest BCUT2D eigenvalue weighted by molar-refractivity contribution is -0.128. The number of carboxylic acid groups (broad SMARTS) is 1. The average Bonchev–Trinajstić information content (AvgIpc) is 1.71. The zero-order chi connectivity index (χ0) is 78.8. The Hall–Kier alpha value is -12.6. The minimum atomic E-state index is -1.10. The molecule has 0 aliphatic heterocycles. The second kappa shape index (κ2) is 43.8. The van der Waals surface area contributed by atoms with Crippen molar-refractivity contribution in [2.24, 2.45) is 23.7 Å². The van der Waals surface area contributed by atoms with Crippen LogP contribution in [0.25, 0.3) is 55.9 Å². The van der Waals surface area contributed by atoms with Crippen LogP contribution in [0.1, 0.15) is 168 Å². The van der Waals surface area contributed by atoms with Crippen LogP contribution in [0.2, 0.25) is 0 Å². The lowest BCUT2D eigenvalue weighted by Crippen LogP contribution is -2.17. The van der Waals surface area contributed by atoms with E-state index in [1.165, 1.54) is 148 Å². The summed E-state index contributed by atoms with van der Waals surface area (Å²) in [6.07, 6.45) is 35.2. The van der Waals surface area contributed by atoms with E-state index >= 15 is 0 Å². The third kappa shape index (κ3) is 25.9. The molecule has 9 aromatic heterocycles. The molecule has 13 aromatic rings. The first-order valence-electron chi connectivity index (χ1n) is 39.2. The average molecular weight is 1590 g/mol. The number of aliphatic hydroxyl groups excluding tert-OH is 1. The molecule has 117 heavy (non-hydrogen) atoms. The highest BCUT2D eigenvalue weighted by Gasteiger charge is 2.21. The molecule has 4 saturated carbocycles. The number of anilines is 4. The molecule has 611 valence electrons. The fourth-order valence-corrected chi connectivity index (χ4v) is 14.1. The number of aromatic nitrogens is 10. The number of ether oxygens (including phenoxy) is 4. The number of carbonyl (C=O) groups is 4. The van der Waals surface area contributed by atoms with E-state index in [-0.39, 0.29) is 38.6 Å². The summed E-state index contributed by atoms with van der Waals surface area (Å²) in [5.74, 6) is 6.77. The van der Waals surface area contributed by atoms with Gasteiger partial charge in [0.2, 0.25) is 0 Å². The van der Waals surface area contributed by atoms with Crippen LogP contribution in [0.3, 0.4) is 0 Å². The van der Waals surface area contributed by atoms with Gasteiger partial charge in [0.15, 0.2) is 52.2 Å². The van der Waals surface area contributed by atoms with Crippen molar-refractivity contribution >= 4 is 101 Å². The van der Waals surface area contributed by atoms with Crippen LogP contribution in [-0.4, -0.2) is 124 Å². The molecule has 31 heteroatoms. The second-order valence-electron chi connectivity index (χ2n) is 28.9. The number of pyridine rings is 4. The highest BCUT2D eigenvalue weighted by molar-refractivity contribution is 6.23. The highest BCUT2D eigenvalue weighted by Crippen LogP contribution is 2.36. The number of carboxylic acids is 1. The van der Waals surface area contributed by atoms with Crippen LogP contribution in [0.5, 0.6) is 46.0 Å². The van der Waals surface area contributed by atoms with Gasteiger partial charge >= 0.3 is 5.97 Å². The molecule has 9 heterocycles. The Morgan fingerprint density at radius 1 is 0.453 bits per heavy atom. The molecular weight excluding hydrogens is 1490 g/mol. The summed E-state index contributed by atoms with van der Waals surface area (Å²) in [5, 5.41) is 31.5. The monoisotopic (exact) mass is 1590 g/mol. The number of hydrogen-bond donors (Lipinski definition) is 8. The SMILES string of the molecule is CC(=O)C=O.Cc1cnc(-c2cc(Oc3ccc4nc(NCC5CCCCC5)oc4c3)ccn2)[nH]1.N.O.O=C(O)c1cc(Oc2ccc3nc(NCC4CCCCC4)oc3c2)ccn1.O=Cc1cc(Oc2ccc3nc(NCC4CCCCC4)oc3c2)ccn1.OCc1cc(Oc2ccc3nc(NCC4CCCCC4)oc3c2)ccn1.[B]. The Balaban J connectivity index is 0.000000160. The van der Waals surface area contributed by atoms with Crippen LogP contribution in [0.4, 0.5) is 24.1 Å². The first-order valence-corrected chi connectivity index (χ1v) is 39.2. The summed E-state index contributed by atoms with van der Waals surface area (Å²) >= 11 is 0. The number of imidazole rings is 1. The van der Waals surface area contributed by atoms with Gasteiger partial charge in [0.25, 0.3) is 24.1 Å². The largest absolute Gasteiger partial charge is 0.477 e. The molecule has 4 fully saturated rings. The van der Waals surface area contributed by atoms with Crippen LogP contribution in [0, 0.1) is 30.6 Å². The van der Waals surface area contributed by atoms with Gasteiger partial charge in [-0.25, -0.2) is 14.8 Å². The van der Waals surface area contributed by atoms with Gasteiger partial charge in [-0.15, -0.1) is 0 Å². The number of oxazole rings is 4. The first kappa shape index (κ1) is 86.8. The number of aromatic carboxylic acids is 1. The van der Waals surface area contributed by atoms with Crippen molar-refractivity contribution in [2.75, 3.05) is 47.4 Å². The molecule has 4 aliphatic rings. The van der Waals surface area contributed by atoms with Gasteiger partial charge in [-0.3, -0.25) is 29.3 Å². The summed E-state index contributed by atoms with van der Waals surface area (Å²) in [6.45, 7) is 6.68. The number of aldehydes is 2. The molecule has 0 amide bonds. The normalized spacial score (nSPS) is 14.3. The predicted octanol–water partition coefficient (Wildman–Crippen LogP) is 18.5. The van der Waals surface area contributed by atoms with Crippen LogP contribution in [-0.2, 0) is 16.2 Å². The van der Waals surface area contributed by atoms with Crippen molar-refractivity contribution in [2.45, 2.75) is 149 Å². The fourth-order valence-electron chi connectivity index (χ4n) is 14.1. The van der Waals surface area contributed by atoms with Crippen molar-refractivity contribution < 1.29 is 71.5 Å². The number of Topliss-reactive ketones (excluding diaryl/α,β-unsaturated/α-hetero) is 1. The van der Waals surface area contributed by atoms with Gasteiger partial charge in [0, 0.05) is 127 Å². The maximum atomic E-state index is 11.0. The number of hydrogen-bond acceptors (Lipinski definition) is 27. The van der Waals surface area contributed by atoms with E-state index in [1.54, 1.807) is 73.3 Å². The van der Waals surface area contributed by atoms with Crippen molar-refractivity contribution in [3.05, 3.63) is 175 Å². The zero-order valence-electron chi connectivity index (χ0n) is 65.7. The molecule has 4 aromatic carbocycles.